The first-order chi connectivity index (χ1) is 29.8. The van der Waals surface area contributed by atoms with Crippen LogP contribution < -0.4 is 5.32 Å². The van der Waals surface area contributed by atoms with E-state index in [1.807, 2.05) is 51.4 Å². The summed E-state index contributed by atoms with van der Waals surface area (Å²) in [5.74, 6) is -0.421. The number of carbonyl (C=O) groups is 3. The number of amides is 3. The number of ether oxygens (including phenoxy) is 2. The zero-order valence-corrected chi connectivity index (χ0v) is 36.0. The van der Waals surface area contributed by atoms with Gasteiger partial charge >= 0.3 is 6.09 Å². The molecule has 7 aliphatic rings. The van der Waals surface area contributed by atoms with Crippen LogP contribution in [0.3, 0.4) is 0 Å². The van der Waals surface area contributed by atoms with Crippen molar-refractivity contribution >= 4 is 29.5 Å². The Kier molecular flexibility index (Phi) is 9.13. The lowest BCUT2D eigenvalue weighted by Crippen LogP contribution is -2.48. The van der Waals surface area contributed by atoms with E-state index in [0.29, 0.717) is 42.6 Å². The Labute approximate surface area is 363 Å². The summed E-state index contributed by atoms with van der Waals surface area (Å²) in [4.78, 5) is 58.4. The molecule has 3 aliphatic heterocycles. The average Bonchev–Trinajstić information content (AvgIpc) is 4.13. The van der Waals surface area contributed by atoms with Gasteiger partial charge in [0.2, 0.25) is 0 Å². The Morgan fingerprint density at radius 3 is 2.18 bits per heavy atom. The molecule has 5 aromatic rings. The highest BCUT2D eigenvalue weighted by Crippen LogP contribution is 2.55. The highest BCUT2D eigenvalue weighted by atomic mass is 35.5. The van der Waals surface area contributed by atoms with Crippen molar-refractivity contribution in [3.8, 4) is 33.8 Å². The number of hydrogen-bond donors (Lipinski definition) is 3. The first kappa shape index (κ1) is 39.5. The molecule has 320 valence electrons. The van der Waals surface area contributed by atoms with Gasteiger partial charge in [-0.1, -0.05) is 23.7 Å². The van der Waals surface area contributed by atoms with Crippen molar-refractivity contribution in [3.63, 3.8) is 0 Å². The maximum atomic E-state index is 15.0. The standard InChI is InChI=1S/C27H27FN4O2.C21H22ClN3O3/c28-21-11-16(1-2-18(21)14-32-7-9-34-10-8-32)22-12-20-17(13-29-22)3-4-19-23-25(31-24(19)20)27(5-6-27)15-30-26(23)33;1-20(2,3)28-19(27)25-10-21(6-7-21)17-15(18(25)26)12-5-4-11-9-23-14(22)8-13(11)16(12)24-17/h1-2,11-13,31H,3-10,14-15H2,(H,30,33);8-9,24H,4-7,10H2,1-3H3. The number of H-pyrrole nitrogens is 2. The Balaban J connectivity index is 0.000000142. The summed E-state index contributed by atoms with van der Waals surface area (Å²) >= 11 is 6.13. The minimum absolute atomic E-state index is 0.0423. The minimum atomic E-state index is -0.644. The van der Waals surface area contributed by atoms with Crippen molar-refractivity contribution < 1.29 is 28.2 Å². The van der Waals surface area contributed by atoms with Crippen LogP contribution in [0.4, 0.5) is 9.18 Å². The van der Waals surface area contributed by atoms with Crippen LogP contribution in [-0.2, 0) is 52.5 Å². The van der Waals surface area contributed by atoms with Gasteiger partial charge in [0, 0.05) is 89.6 Å². The van der Waals surface area contributed by atoms with Crippen molar-refractivity contribution in [1.29, 1.82) is 0 Å². The predicted molar refractivity (Wildman–Crippen MR) is 231 cm³/mol. The highest BCUT2D eigenvalue weighted by molar-refractivity contribution is 6.29. The molecular weight excluding hydrogens is 809 g/mol. The Morgan fingerprint density at radius 2 is 1.52 bits per heavy atom. The molecule has 3 amide bonds. The molecule has 0 unspecified atom stereocenters. The molecule has 7 heterocycles. The molecule has 0 radical (unpaired) electrons. The quantitative estimate of drug-likeness (QED) is 0.156. The third-order valence-corrected chi connectivity index (χ3v) is 14.1. The van der Waals surface area contributed by atoms with Gasteiger partial charge in [0.1, 0.15) is 16.6 Å². The molecule has 2 saturated carbocycles. The number of aryl methyl sites for hydroxylation is 2. The number of pyridine rings is 2. The molecule has 0 atom stereocenters. The molecule has 12 rings (SSSR count). The number of aromatic nitrogens is 4. The number of nitrogens with one attached hydrogen (secondary N) is 3. The van der Waals surface area contributed by atoms with Crippen molar-refractivity contribution in [2.24, 2.45) is 0 Å². The van der Waals surface area contributed by atoms with Crippen LogP contribution in [-0.4, -0.2) is 92.6 Å². The van der Waals surface area contributed by atoms with Crippen LogP contribution in [0, 0.1) is 5.82 Å². The molecule has 14 heteroatoms. The molecule has 3 N–H and O–H groups in total. The second kappa shape index (κ2) is 14.3. The van der Waals surface area contributed by atoms with Gasteiger partial charge < -0.3 is 24.8 Å². The summed E-state index contributed by atoms with van der Waals surface area (Å²) in [7, 11) is 0. The van der Waals surface area contributed by atoms with Gasteiger partial charge in [-0.2, -0.15) is 0 Å². The van der Waals surface area contributed by atoms with E-state index in [4.69, 9.17) is 21.1 Å². The predicted octanol–water partition coefficient (Wildman–Crippen LogP) is 7.84. The second-order valence-electron chi connectivity index (χ2n) is 19.2. The number of rotatable bonds is 3. The first-order valence-electron chi connectivity index (χ1n) is 21.9. The van der Waals surface area contributed by atoms with E-state index >= 15 is 4.39 Å². The summed E-state index contributed by atoms with van der Waals surface area (Å²) < 4.78 is 25.9. The normalized spacial score (nSPS) is 19.9. The lowest BCUT2D eigenvalue weighted by atomic mass is 9.86. The van der Waals surface area contributed by atoms with E-state index in [1.165, 1.54) is 10.5 Å². The molecule has 2 spiro atoms. The Morgan fingerprint density at radius 1 is 0.871 bits per heavy atom. The van der Waals surface area contributed by atoms with Gasteiger partial charge in [-0.05, 0) is 113 Å². The molecule has 1 aromatic carbocycles. The van der Waals surface area contributed by atoms with Crippen LogP contribution >= 0.6 is 11.6 Å². The first-order valence-corrected chi connectivity index (χ1v) is 22.2. The molecular formula is C48H49ClFN7O5. The van der Waals surface area contributed by atoms with Gasteiger partial charge in [0.05, 0.1) is 41.4 Å². The maximum Gasteiger partial charge on any atom is 0.417 e. The van der Waals surface area contributed by atoms with Crippen molar-refractivity contribution in [3.05, 3.63) is 104 Å². The van der Waals surface area contributed by atoms with E-state index < -0.39 is 11.7 Å². The van der Waals surface area contributed by atoms with Crippen molar-refractivity contribution in [2.75, 3.05) is 39.4 Å². The molecule has 4 aromatic heterocycles. The summed E-state index contributed by atoms with van der Waals surface area (Å²) in [6.45, 7) is 10.2. The third kappa shape index (κ3) is 6.66. The largest absolute Gasteiger partial charge is 0.443 e. The molecule has 62 heavy (non-hydrogen) atoms. The zero-order valence-electron chi connectivity index (χ0n) is 35.2. The molecule has 4 aliphatic carbocycles. The van der Waals surface area contributed by atoms with Crippen LogP contribution in [0.5, 0.6) is 0 Å². The zero-order chi connectivity index (χ0) is 42.7. The van der Waals surface area contributed by atoms with Gasteiger partial charge in [0.25, 0.3) is 11.8 Å². The lowest BCUT2D eigenvalue weighted by Gasteiger charge is -2.33. The molecule has 1 saturated heterocycles. The van der Waals surface area contributed by atoms with E-state index in [1.54, 1.807) is 6.07 Å². The van der Waals surface area contributed by atoms with Crippen molar-refractivity contribution in [2.45, 2.75) is 95.1 Å². The topological polar surface area (TPSA) is 146 Å². The lowest BCUT2D eigenvalue weighted by molar-refractivity contribution is 0.0209. The summed E-state index contributed by atoms with van der Waals surface area (Å²) in [6, 6.07) is 9.35. The number of benzene rings is 1. The highest BCUT2D eigenvalue weighted by Gasteiger charge is 2.56. The van der Waals surface area contributed by atoms with Crippen LogP contribution in [0.2, 0.25) is 5.15 Å². The van der Waals surface area contributed by atoms with E-state index in [2.05, 4.69) is 36.2 Å². The fourth-order valence-electron chi connectivity index (χ4n) is 10.3. The maximum absolute atomic E-state index is 15.0. The summed E-state index contributed by atoms with van der Waals surface area (Å²) in [6.07, 6.45) is 10.5. The number of imide groups is 1. The summed E-state index contributed by atoms with van der Waals surface area (Å²) in [5.41, 5.74) is 13.6. The average molecular weight is 858 g/mol. The van der Waals surface area contributed by atoms with E-state index in [-0.39, 0.29) is 28.5 Å². The summed E-state index contributed by atoms with van der Waals surface area (Å²) in [5, 5.41) is 3.54. The SMILES string of the molecule is CC(C)(C)OC(=O)N1CC2(CC2)c2[nH]c3c(c2C1=O)CCc1cnc(Cl)cc1-3.O=C1NCC2(CC2)c2[nH]c3c(c21)CCc1cnc(-c2ccc(CN4CCOCC4)c(F)c2)cc1-3. The van der Waals surface area contributed by atoms with E-state index in [9.17, 15) is 14.4 Å². The third-order valence-electron chi connectivity index (χ3n) is 13.9. The van der Waals surface area contributed by atoms with E-state index in [0.717, 1.165) is 138 Å². The smallest absolute Gasteiger partial charge is 0.417 e. The molecule has 0 bridgehead atoms. The number of hydrogen-bond acceptors (Lipinski definition) is 8. The molecule has 3 fully saturated rings. The molecule has 12 nitrogen and oxygen atoms in total. The number of halogens is 2. The van der Waals surface area contributed by atoms with Crippen LogP contribution in [0.1, 0.15) is 106 Å². The Hall–Kier alpha value is -5.37. The Bertz CT molecular complexity index is 2720. The van der Waals surface area contributed by atoms with Gasteiger partial charge in [-0.25, -0.2) is 19.1 Å². The monoisotopic (exact) mass is 857 g/mol. The van der Waals surface area contributed by atoms with Gasteiger partial charge in [-0.15, -0.1) is 0 Å². The van der Waals surface area contributed by atoms with Gasteiger partial charge in [-0.3, -0.25) is 19.5 Å². The number of nitrogens with zero attached hydrogens (tertiary/aromatic N) is 4. The number of fused-ring (bicyclic) bond motifs is 12. The number of morpholine rings is 1. The van der Waals surface area contributed by atoms with Crippen LogP contribution in [0.15, 0.2) is 42.7 Å². The van der Waals surface area contributed by atoms with Crippen molar-refractivity contribution in [1.82, 2.24) is 35.1 Å². The minimum Gasteiger partial charge on any atom is -0.443 e. The van der Waals surface area contributed by atoms with Gasteiger partial charge in [0.15, 0.2) is 0 Å². The second-order valence-corrected chi connectivity index (χ2v) is 19.5. The number of aromatic amines is 2. The fourth-order valence-corrected chi connectivity index (χ4v) is 10.4. The number of carbonyl (C=O) groups excluding carboxylic acids is 3. The fraction of sp³-hybridized carbons (Fsp3) is 0.438. The van der Waals surface area contributed by atoms with Crippen LogP contribution in [0.25, 0.3) is 33.8 Å².